The first-order chi connectivity index (χ1) is 12.6. The van der Waals surface area contributed by atoms with Gasteiger partial charge in [0.15, 0.2) is 0 Å². The minimum Gasteiger partial charge on any atom is -0.507 e. The summed E-state index contributed by atoms with van der Waals surface area (Å²) >= 11 is 5.80. The fraction of sp³-hybridized carbons (Fsp3) is 0.455. The predicted molar refractivity (Wildman–Crippen MR) is 110 cm³/mol. The Kier molecular flexibility index (Phi) is 3.78. The maximum Gasteiger partial charge on any atom is 0.125 e. The quantitative estimate of drug-likeness (QED) is 0.457. The molecule has 4 aliphatic rings. The van der Waals surface area contributed by atoms with Crippen LogP contribution in [0.25, 0.3) is 10.8 Å². The van der Waals surface area contributed by atoms with Crippen LogP contribution in [0.1, 0.15) is 44.1 Å². The van der Waals surface area contributed by atoms with E-state index in [1.54, 1.807) is 12.3 Å². The van der Waals surface area contributed by atoms with Crippen LogP contribution in [0, 0.1) is 23.2 Å². The molecular formula is C22H24N2OS. The van der Waals surface area contributed by atoms with Gasteiger partial charge in [-0.1, -0.05) is 42.5 Å². The van der Waals surface area contributed by atoms with Gasteiger partial charge >= 0.3 is 0 Å². The fourth-order valence-corrected chi connectivity index (χ4v) is 6.39. The molecule has 0 spiro atoms. The maximum atomic E-state index is 10.3. The zero-order valence-electron chi connectivity index (χ0n) is 14.8. The average molecular weight is 365 g/mol. The number of benzene rings is 2. The molecule has 4 fully saturated rings. The van der Waals surface area contributed by atoms with Crippen molar-refractivity contribution in [2.75, 3.05) is 0 Å². The normalized spacial score (nSPS) is 32.4. The Labute approximate surface area is 159 Å². The molecule has 4 heteroatoms. The summed E-state index contributed by atoms with van der Waals surface area (Å²) in [6.07, 6.45) is 9.66. The van der Waals surface area contributed by atoms with Crippen molar-refractivity contribution in [3.05, 3.63) is 42.0 Å². The highest BCUT2D eigenvalue weighted by Gasteiger charge is 2.52. The first-order valence-corrected chi connectivity index (χ1v) is 10.1. The van der Waals surface area contributed by atoms with Gasteiger partial charge in [0.2, 0.25) is 0 Å². The van der Waals surface area contributed by atoms with Crippen molar-refractivity contribution in [1.29, 1.82) is 0 Å². The van der Waals surface area contributed by atoms with E-state index >= 15 is 0 Å². The van der Waals surface area contributed by atoms with Gasteiger partial charge in [-0.25, -0.2) is 0 Å². The molecular weight excluding hydrogens is 340 g/mol. The van der Waals surface area contributed by atoms with E-state index in [-0.39, 0.29) is 11.2 Å². The van der Waals surface area contributed by atoms with E-state index in [2.05, 4.69) is 10.5 Å². The van der Waals surface area contributed by atoms with Crippen LogP contribution in [0.4, 0.5) is 0 Å². The van der Waals surface area contributed by atoms with Gasteiger partial charge in [-0.2, -0.15) is 5.10 Å². The molecule has 3 nitrogen and oxygen atoms in total. The largest absolute Gasteiger partial charge is 0.507 e. The van der Waals surface area contributed by atoms with Crippen LogP contribution in [0.3, 0.4) is 0 Å². The summed E-state index contributed by atoms with van der Waals surface area (Å²) in [7, 11) is 0. The van der Waals surface area contributed by atoms with Gasteiger partial charge in [0.05, 0.1) is 6.21 Å². The number of fused-ring (bicyclic) bond motifs is 1. The van der Waals surface area contributed by atoms with Gasteiger partial charge in [-0.05, 0) is 73.1 Å². The Morgan fingerprint density at radius 1 is 1.04 bits per heavy atom. The molecule has 26 heavy (non-hydrogen) atoms. The molecule has 4 saturated carbocycles. The van der Waals surface area contributed by atoms with Gasteiger partial charge in [-0.3, -0.25) is 5.43 Å². The predicted octanol–water partition coefficient (Wildman–Crippen LogP) is 5.01. The molecule has 0 saturated heterocycles. The first kappa shape index (κ1) is 16.2. The van der Waals surface area contributed by atoms with Crippen LogP contribution < -0.4 is 5.43 Å². The summed E-state index contributed by atoms with van der Waals surface area (Å²) in [6.45, 7) is 0. The Hall–Kier alpha value is -1.94. The van der Waals surface area contributed by atoms with Crippen LogP contribution in [0.2, 0.25) is 0 Å². The fourth-order valence-electron chi connectivity index (χ4n) is 6.08. The van der Waals surface area contributed by atoms with Crippen LogP contribution in [-0.4, -0.2) is 16.3 Å². The van der Waals surface area contributed by atoms with E-state index < -0.39 is 0 Å². The SMILES string of the molecule is Oc1ccc2ccccc2c1/C=N\NC(=S)C12CC3CC(CC(C3)C1)C2. The molecule has 0 aromatic heterocycles. The molecule has 2 aromatic rings. The molecule has 2 N–H and O–H groups in total. The maximum absolute atomic E-state index is 10.3. The number of phenols is 1. The lowest BCUT2D eigenvalue weighted by molar-refractivity contribution is -0.0126. The van der Waals surface area contributed by atoms with Gasteiger partial charge in [0.25, 0.3) is 0 Å². The monoisotopic (exact) mass is 364 g/mol. The standard InChI is InChI=1S/C22H24N2OS/c25-20-6-5-17-3-1-2-4-18(17)19(20)13-23-24-21(26)22-10-14-7-15(11-22)9-16(8-14)12-22/h1-6,13-16,25H,7-12H2,(H,24,26)/b23-13-. The first-order valence-electron chi connectivity index (χ1n) is 9.67. The molecule has 6 rings (SSSR count). The Bertz CT molecular complexity index is 869. The number of aromatic hydroxyl groups is 1. The molecule has 0 unspecified atom stereocenters. The smallest absolute Gasteiger partial charge is 0.125 e. The third-order valence-electron chi connectivity index (χ3n) is 6.83. The Morgan fingerprint density at radius 2 is 1.69 bits per heavy atom. The van der Waals surface area contributed by atoms with Crippen LogP contribution in [0.5, 0.6) is 5.75 Å². The second-order valence-electron chi connectivity index (χ2n) is 8.62. The third kappa shape index (κ3) is 2.62. The van der Waals surface area contributed by atoms with E-state index in [4.69, 9.17) is 12.2 Å². The summed E-state index contributed by atoms with van der Waals surface area (Å²) in [5.41, 5.74) is 4.08. The molecule has 0 aliphatic heterocycles. The number of phenolic OH excluding ortho intramolecular Hbond substituents is 1. The molecule has 134 valence electrons. The van der Waals surface area contributed by atoms with Crippen molar-refractivity contribution in [3.63, 3.8) is 0 Å². The second-order valence-corrected chi connectivity index (χ2v) is 9.02. The summed E-state index contributed by atoms with van der Waals surface area (Å²) in [4.78, 5) is 0.910. The molecule has 4 aliphatic carbocycles. The van der Waals surface area contributed by atoms with Crippen molar-refractivity contribution < 1.29 is 5.11 Å². The van der Waals surface area contributed by atoms with Crippen molar-refractivity contribution in [3.8, 4) is 5.75 Å². The van der Waals surface area contributed by atoms with E-state index in [1.165, 1.54) is 38.5 Å². The average Bonchev–Trinajstić information content (AvgIpc) is 2.62. The molecule has 0 heterocycles. The summed E-state index contributed by atoms with van der Waals surface area (Å²) in [5, 5.41) is 16.8. The third-order valence-corrected chi connectivity index (χ3v) is 7.35. The highest BCUT2D eigenvalue weighted by molar-refractivity contribution is 7.80. The Balaban J connectivity index is 1.37. The minimum absolute atomic E-state index is 0.169. The summed E-state index contributed by atoms with van der Waals surface area (Å²) in [5.74, 6) is 2.85. The van der Waals surface area contributed by atoms with E-state index in [9.17, 15) is 5.11 Å². The van der Waals surface area contributed by atoms with Crippen molar-refractivity contribution in [1.82, 2.24) is 5.43 Å². The molecule has 2 aromatic carbocycles. The highest BCUT2D eigenvalue weighted by Crippen LogP contribution is 2.60. The molecule has 0 amide bonds. The number of nitrogens with one attached hydrogen (secondary N) is 1. The summed E-state index contributed by atoms with van der Waals surface area (Å²) < 4.78 is 0. The molecule has 0 radical (unpaired) electrons. The lowest BCUT2D eigenvalue weighted by atomic mass is 9.49. The number of hydrazone groups is 1. The van der Waals surface area contributed by atoms with Crippen LogP contribution in [0.15, 0.2) is 41.5 Å². The molecule has 4 bridgehead atoms. The number of thiocarbonyl (C=S) groups is 1. The number of hydrogen-bond donors (Lipinski definition) is 2. The summed E-state index contributed by atoms with van der Waals surface area (Å²) in [6, 6.07) is 11.7. The van der Waals surface area contributed by atoms with Gasteiger partial charge in [0.1, 0.15) is 10.7 Å². The lowest BCUT2D eigenvalue weighted by Crippen LogP contribution is -2.52. The number of hydrogen-bond acceptors (Lipinski definition) is 3. The van der Waals surface area contributed by atoms with Gasteiger partial charge in [-0.15, -0.1) is 0 Å². The molecule has 0 atom stereocenters. The van der Waals surface area contributed by atoms with E-state index in [0.29, 0.717) is 0 Å². The Morgan fingerprint density at radius 3 is 2.38 bits per heavy atom. The minimum atomic E-state index is 0.169. The van der Waals surface area contributed by atoms with Crippen molar-refractivity contribution in [2.24, 2.45) is 28.3 Å². The van der Waals surface area contributed by atoms with Crippen molar-refractivity contribution >= 4 is 34.2 Å². The zero-order valence-corrected chi connectivity index (χ0v) is 15.6. The van der Waals surface area contributed by atoms with Crippen molar-refractivity contribution in [2.45, 2.75) is 38.5 Å². The number of nitrogens with zero attached hydrogens (tertiary/aromatic N) is 1. The van der Waals surface area contributed by atoms with Gasteiger partial charge < -0.3 is 5.11 Å². The highest BCUT2D eigenvalue weighted by atomic mass is 32.1. The number of rotatable bonds is 3. The van der Waals surface area contributed by atoms with Crippen LogP contribution in [-0.2, 0) is 0 Å². The topological polar surface area (TPSA) is 44.6 Å². The van der Waals surface area contributed by atoms with Gasteiger partial charge in [0, 0.05) is 11.0 Å². The van der Waals surface area contributed by atoms with Crippen LogP contribution >= 0.6 is 12.2 Å². The lowest BCUT2D eigenvalue weighted by Gasteiger charge is -2.56. The van der Waals surface area contributed by atoms with E-state index in [1.807, 2.05) is 30.3 Å². The second kappa shape index (κ2) is 6.05. The van der Waals surface area contributed by atoms with E-state index in [0.717, 1.165) is 39.1 Å². The zero-order chi connectivity index (χ0) is 17.7.